The van der Waals surface area contributed by atoms with E-state index in [1.807, 2.05) is 11.1 Å². The Kier molecular flexibility index (Phi) is 7.32. The van der Waals surface area contributed by atoms with Crippen LogP contribution in [0.3, 0.4) is 0 Å². The van der Waals surface area contributed by atoms with Crippen molar-refractivity contribution < 1.29 is 9.59 Å². The highest BCUT2D eigenvalue weighted by atomic mass is 32.1. The number of rotatable bonds is 7. The molecule has 1 saturated carbocycles. The third kappa shape index (κ3) is 4.98. The first-order chi connectivity index (χ1) is 15.0. The largest absolute Gasteiger partial charge is 0.342 e. The summed E-state index contributed by atoms with van der Waals surface area (Å²) in [5.74, 6) is 0.838. The van der Waals surface area contributed by atoms with Crippen LogP contribution in [0.1, 0.15) is 81.0 Å². The quantitative estimate of drug-likeness (QED) is 0.690. The number of nitrogens with one attached hydrogen (secondary N) is 1. The molecule has 2 aliphatic heterocycles. The number of thiazole rings is 1. The van der Waals surface area contributed by atoms with Crippen molar-refractivity contribution in [1.29, 1.82) is 0 Å². The summed E-state index contributed by atoms with van der Waals surface area (Å²) in [5, 5.41) is 4.32. The number of aromatic nitrogens is 1. The van der Waals surface area contributed by atoms with Gasteiger partial charge in [0, 0.05) is 30.7 Å². The summed E-state index contributed by atoms with van der Waals surface area (Å²) in [4.78, 5) is 37.2. The van der Waals surface area contributed by atoms with Crippen LogP contribution in [0.4, 0.5) is 0 Å². The molecule has 1 spiro atoms. The Morgan fingerprint density at radius 2 is 1.94 bits per heavy atom. The van der Waals surface area contributed by atoms with Gasteiger partial charge in [-0.2, -0.15) is 0 Å². The number of nitrogens with zero attached hydrogens (tertiary/aromatic N) is 3. The normalized spacial score (nSPS) is 25.2. The van der Waals surface area contributed by atoms with E-state index >= 15 is 0 Å². The Balaban J connectivity index is 1.44. The Morgan fingerprint density at radius 3 is 2.58 bits per heavy atom. The molecule has 1 N–H and O–H groups in total. The van der Waals surface area contributed by atoms with Gasteiger partial charge in [0.25, 0.3) is 0 Å². The number of hydrogen-bond acceptors (Lipinski definition) is 5. The fraction of sp³-hybridized carbons (Fsp3) is 0.792. The van der Waals surface area contributed by atoms with E-state index in [0.29, 0.717) is 12.5 Å². The van der Waals surface area contributed by atoms with Crippen LogP contribution < -0.4 is 5.32 Å². The Hall–Kier alpha value is -1.47. The Labute approximate surface area is 190 Å². The molecule has 1 atom stereocenters. The van der Waals surface area contributed by atoms with Gasteiger partial charge < -0.3 is 10.2 Å². The van der Waals surface area contributed by atoms with Gasteiger partial charge in [-0.15, -0.1) is 11.3 Å². The fourth-order valence-electron chi connectivity index (χ4n) is 5.68. The van der Waals surface area contributed by atoms with Gasteiger partial charge in [0.15, 0.2) is 0 Å². The lowest BCUT2D eigenvalue weighted by atomic mass is 9.79. The highest BCUT2D eigenvalue weighted by molar-refractivity contribution is 7.11. The molecule has 0 bridgehead atoms. The van der Waals surface area contributed by atoms with Gasteiger partial charge in [0.1, 0.15) is 16.6 Å². The van der Waals surface area contributed by atoms with Crippen molar-refractivity contribution in [2.24, 2.45) is 5.92 Å². The monoisotopic (exact) mass is 446 g/mol. The number of likely N-dealkylation sites (tertiary alicyclic amines) is 1. The van der Waals surface area contributed by atoms with Crippen LogP contribution in [0.25, 0.3) is 0 Å². The second kappa shape index (κ2) is 9.99. The minimum absolute atomic E-state index is 0.0914. The number of amides is 2. The van der Waals surface area contributed by atoms with Gasteiger partial charge in [-0.05, 0) is 38.5 Å². The van der Waals surface area contributed by atoms with Crippen molar-refractivity contribution in [2.45, 2.75) is 96.2 Å². The van der Waals surface area contributed by atoms with E-state index in [4.69, 9.17) is 0 Å². The first kappa shape index (κ1) is 22.7. The lowest BCUT2D eigenvalue weighted by Gasteiger charge is -2.52. The zero-order valence-electron chi connectivity index (χ0n) is 19.2. The van der Waals surface area contributed by atoms with E-state index in [1.165, 1.54) is 37.0 Å². The van der Waals surface area contributed by atoms with Crippen LogP contribution >= 0.6 is 11.3 Å². The number of carbonyl (C=O) groups excluding carboxylic acids is 2. The van der Waals surface area contributed by atoms with Crippen molar-refractivity contribution in [2.75, 3.05) is 19.6 Å². The van der Waals surface area contributed by atoms with Crippen LogP contribution in [0.2, 0.25) is 0 Å². The summed E-state index contributed by atoms with van der Waals surface area (Å²) < 4.78 is 0. The third-order valence-corrected chi connectivity index (χ3v) is 8.45. The molecule has 1 aliphatic carbocycles. The van der Waals surface area contributed by atoms with Crippen molar-refractivity contribution in [1.82, 2.24) is 20.1 Å². The average Bonchev–Trinajstić information content (AvgIpc) is 3.19. The molecule has 2 saturated heterocycles. The molecule has 0 radical (unpaired) electrons. The molecule has 1 unspecified atom stereocenters. The average molecular weight is 447 g/mol. The minimum Gasteiger partial charge on any atom is -0.342 e. The molecule has 172 valence electrons. The van der Waals surface area contributed by atoms with Crippen molar-refractivity contribution in [3.05, 3.63) is 16.1 Å². The molecule has 3 fully saturated rings. The van der Waals surface area contributed by atoms with Gasteiger partial charge in [0.2, 0.25) is 11.8 Å². The first-order valence-corrected chi connectivity index (χ1v) is 13.1. The van der Waals surface area contributed by atoms with Crippen LogP contribution in [-0.2, 0) is 16.1 Å². The van der Waals surface area contributed by atoms with E-state index in [9.17, 15) is 9.59 Å². The fourth-order valence-corrected chi connectivity index (χ4v) is 6.51. The summed E-state index contributed by atoms with van der Waals surface area (Å²) in [6.07, 6.45) is 12.4. The molecular weight excluding hydrogens is 408 g/mol. The summed E-state index contributed by atoms with van der Waals surface area (Å²) in [5.41, 5.74) is -0.662. The van der Waals surface area contributed by atoms with Crippen LogP contribution in [0.5, 0.6) is 0 Å². The topological polar surface area (TPSA) is 65.5 Å². The van der Waals surface area contributed by atoms with Gasteiger partial charge in [-0.1, -0.05) is 45.4 Å². The summed E-state index contributed by atoms with van der Waals surface area (Å²) in [6.45, 7) is 7.43. The van der Waals surface area contributed by atoms with E-state index < -0.39 is 5.54 Å². The van der Waals surface area contributed by atoms with E-state index in [0.717, 1.165) is 56.7 Å². The molecule has 0 aromatic carbocycles. The van der Waals surface area contributed by atoms with Crippen molar-refractivity contribution in [3.63, 3.8) is 0 Å². The maximum Gasteiger partial charge on any atom is 0.246 e. The van der Waals surface area contributed by atoms with E-state index in [2.05, 4.69) is 29.0 Å². The number of piperazine rings is 1. The summed E-state index contributed by atoms with van der Waals surface area (Å²) in [6, 6.07) is -0.325. The number of aryl methyl sites for hydroxylation is 1. The second-order valence-electron chi connectivity index (χ2n) is 9.78. The number of unbranched alkanes of at least 4 members (excludes halogenated alkanes) is 1. The van der Waals surface area contributed by atoms with Crippen LogP contribution in [0.15, 0.2) is 6.20 Å². The summed E-state index contributed by atoms with van der Waals surface area (Å²) in [7, 11) is 0. The summed E-state index contributed by atoms with van der Waals surface area (Å²) >= 11 is 1.74. The molecular formula is C24H38N4O2S. The zero-order chi connectivity index (χ0) is 21.8. The molecule has 2 amide bonds. The van der Waals surface area contributed by atoms with Gasteiger partial charge in [-0.3, -0.25) is 14.5 Å². The zero-order valence-corrected chi connectivity index (χ0v) is 20.0. The van der Waals surface area contributed by atoms with E-state index in [1.54, 1.807) is 11.3 Å². The number of carbonyl (C=O) groups is 2. The highest BCUT2D eigenvalue weighted by Crippen LogP contribution is 2.36. The SMILES string of the molecule is CCCCN1C(=O)C(CC2CCCCC2)NC(=O)C12CCN(Cc1ncc(C)s1)CC2. The van der Waals surface area contributed by atoms with Gasteiger partial charge >= 0.3 is 0 Å². The highest BCUT2D eigenvalue weighted by Gasteiger charge is 2.53. The van der Waals surface area contributed by atoms with Crippen LogP contribution in [-0.4, -0.2) is 57.8 Å². The predicted molar refractivity (Wildman–Crippen MR) is 124 cm³/mol. The van der Waals surface area contributed by atoms with Crippen molar-refractivity contribution >= 4 is 23.2 Å². The van der Waals surface area contributed by atoms with E-state index in [-0.39, 0.29) is 17.9 Å². The second-order valence-corrected chi connectivity index (χ2v) is 11.1. The molecule has 31 heavy (non-hydrogen) atoms. The Bertz CT molecular complexity index is 765. The third-order valence-electron chi connectivity index (χ3n) is 7.55. The molecule has 4 rings (SSSR count). The lowest BCUT2D eigenvalue weighted by Crippen LogP contribution is -2.73. The predicted octanol–water partition coefficient (Wildman–Crippen LogP) is 3.88. The van der Waals surface area contributed by atoms with Gasteiger partial charge in [0.05, 0.1) is 6.54 Å². The Morgan fingerprint density at radius 1 is 1.19 bits per heavy atom. The lowest BCUT2D eigenvalue weighted by molar-refractivity contribution is -0.162. The van der Waals surface area contributed by atoms with Crippen LogP contribution in [0, 0.1) is 12.8 Å². The smallest absolute Gasteiger partial charge is 0.246 e. The first-order valence-electron chi connectivity index (χ1n) is 12.3. The maximum absolute atomic E-state index is 13.6. The molecule has 3 heterocycles. The molecule has 6 nitrogen and oxygen atoms in total. The number of piperidine rings is 1. The minimum atomic E-state index is -0.662. The standard InChI is InChI=1S/C24H38N4O2S/c1-3-4-12-28-22(29)20(15-19-8-6-5-7-9-19)26-23(30)24(28)10-13-27(14-11-24)17-21-25-16-18(2)31-21/h16,19-20H,3-15,17H2,1-2H3,(H,26,30). The molecule has 3 aliphatic rings. The molecule has 7 heteroatoms. The molecule has 1 aromatic heterocycles. The van der Waals surface area contributed by atoms with Crippen molar-refractivity contribution in [3.8, 4) is 0 Å². The molecule has 1 aromatic rings. The maximum atomic E-state index is 13.6. The number of hydrogen-bond donors (Lipinski definition) is 1. The van der Waals surface area contributed by atoms with Gasteiger partial charge in [-0.25, -0.2) is 4.98 Å².